The Bertz CT molecular complexity index is 1380. The number of hydrazone groups is 1. The molecule has 2 heterocycles. The standard InChI is InChI=1S/C30H36N4O3/c1-18-25-23(32-33-27(35)22-13-8-11-19-10-6-7-12-21(19)22)14-9-15-24(25)37-26(18)28(36)31-20-16-29(2,3)34-30(4,5)17-20/h6-8,10-13,20,34H,9,14-17H2,1-5H3,(H,31,36)(H,33,35)/b32-23+. The van der Waals surface area contributed by atoms with E-state index in [0.29, 0.717) is 17.7 Å². The molecule has 7 heteroatoms. The molecule has 1 fully saturated rings. The number of amides is 2. The number of carbonyl (C=O) groups is 2. The average Bonchev–Trinajstić information content (AvgIpc) is 3.17. The number of benzene rings is 2. The molecule has 3 aromatic rings. The Morgan fingerprint density at radius 1 is 0.973 bits per heavy atom. The topological polar surface area (TPSA) is 95.7 Å². The molecule has 0 saturated carbocycles. The monoisotopic (exact) mass is 500 g/mol. The van der Waals surface area contributed by atoms with Gasteiger partial charge in [0.1, 0.15) is 5.76 Å². The summed E-state index contributed by atoms with van der Waals surface area (Å²) in [6.07, 6.45) is 3.98. The minimum atomic E-state index is -0.258. The molecule has 2 aromatic carbocycles. The van der Waals surface area contributed by atoms with Crippen LogP contribution in [-0.4, -0.2) is 34.6 Å². The number of hydrogen-bond acceptors (Lipinski definition) is 5. The number of furan rings is 1. The zero-order valence-corrected chi connectivity index (χ0v) is 22.3. The van der Waals surface area contributed by atoms with Crippen molar-refractivity contribution in [1.82, 2.24) is 16.1 Å². The Hall–Kier alpha value is -3.45. The van der Waals surface area contributed by atoms with Crippen molar-refractivity contribution in [2.24, 2.45) is 5.10 Å². The molecule has 0 spiro atoms. The normalized spacial score (nSPS) is 20.0. The number of fused-ring (bicyclic) bond motifs is 2. The first-order chi connectivity index (χ1) is 17.5. The van der Waals surface area contributed by atoms with Gasteiger partial charge in [0, 0.05) is 40.2 Å². The van der Waals surface area contributed by atoms with E-state index in [1.165, 1.54) is 0 Å². The van der Waals surface area contributed by atoms with E-state index in [2.05, 4.69) is 48.9 Å². The Morgan fingerprint density at radius 3 is 2.43 bits per heavy atom. The fraction of sp³-hybridized carbons (Fsp3) is 0.433. The van der Waals surface area contributed by atoms with Crippen LogP contribution in [0.15, 0.2) is 52.0 Å². The van der Waals surface area contributed by atoms with E-state index in [9.17, 15) is 9.59 Å². The van der Waals surface area contributed by atoms with Crippen LogP contribution in [0.2, 0.25) is 0 Å². The highest BCUT2D eigenvalue weighted by Crippen LogP contribution is 2.32. The summed E-state index contributed by atoms with van der Waals surface area (Å²) < 4.78 is 6.10. The average molecular weight is 501 g/mol. The van der Waals surface area contributed by atoms with Crippen LogP contribution >= 0.6 is 0 Å². The van der Waals surface area contributed by atoms with Crippen molar-refractivity contribution in [3.63, 3.8) is 0 Å². The van der Waals surface area contributed by atoms with Crippen LogP contribution < -0.4 is 16.1 Å². The van der Waals surface area contributed by atoms with Crippen molar-refractivity contribution >= 4 is 28.3 Å². The molecular formula is C30H36N4O3. The van der Waals surface area contributed by atoms with E-state index in [-0.39, 0.29) is 28.9 Å². The first-order valence-corrected chi connectivity index (χ1v) is 13.1. The summed E-state index contributed by atoms with van der Waals surface area (Å²) in [7, 11) is 0. The molecule has 1 aromatic heterocycles. The Balaban J connectivity index is 1.36. The fourth-order valence-corrected chi connectivity index (χ4v) is 6.27. The first kappa shape index (κ1) is 25.2. The van der Waals surface area contributed by atoms with Crippen LogP contribution in [0.25, 0.3) is 10.8 Å². The molecule has 2 amide bonds. The van der Waals surface area contributed by atoms with Crippen LogP contribution in [0.3, 0.4) is 0 Å². The molecule has 194 valence electrons. The van der Waals surface area contributed by atoms with Gasteiger partial charge < -0.3 is 15.1 Å². The number of nitrogens with one attached hydrogen (secondary N) is 3. The van der Waals surface area contributed by atoms with Gasteiger partial charge in [-0.1, -0.05) is 36.4 Å². The van der Waals surface area contributed by atoms with Crippen LogP contribution in [0, 0.1) is 6.92 Å². The van der Waals surface area contributed by atoms with Gasteiger partial charge in [0.2, 0.25) is 0 Å². The van der Waals surface area contributed by atoms with Crippen molar-refractivity contribution in [3.05, 3.63) is 70.7 Å². The smallest absolute Gasteiger partial charge is 0.287 e. The molecule has 0 unspecified atom stereocenters. The van der Waals surface area contributed by atoms with E-state index >= 15 is 0 Å². The second-order valence-corrected chi connectivity index (χ2v) is 11.7. The van der Waals surface area contributed by atoms with Crippen LogP contribution in [0.5, 0.6) is 0 Å². The molecule has 0 bridgehead atoms. The van der Waals surface area contributed by atoms with Crippen LogP contribution in [0.4, 0.5) is 0 Å². The Kier molecular flexibility index (Phi) is 6.44. The van der Waals surface area contributed by atoms with E-state index in [1.54, 1.807) is 6.07 Å². The number of hydrogen-bond donors (Lipinski definition) is 3. The zero-order chi connectivity index (χ0) is 26.4. The van der Waals surface area contributed by atoms with Crippen LogP contribution in [0.1, 0.15) is 91.2 Å². The quantitative estimate of drug-likeness (QED) is 0.426. The second-order valence-electron chi connectivity index (χ2n) is 11.7. The van der Waals surface area contributed by atoms with Gasteiger partial charge in [0.05, 0.1) is 5.71 Å². The molecule has 1 aliphatic carbocycles. The van der Waals surface area contributed by atoms with Gasteiger partial charge in [0.15, 0.2) is 5.76 Å². The van der Waals surface area contributed by atoms with Gasteiger partial charge in [0.25, 0.3) is 11.8 Å². The summed E-state index contributed by atoms with van der Waals surface area (Å²) in [5.74, 6) is 0.656. The van der Waals surface area contributed by atoms with Gasteiger partial charge in [-0.25, -0.2) is 5.43 Å². The Labute approximate surface area is 218 Å². The lowest BCUT2D eigenvalue weighted by Crippen LogP contribution is -2.62. The highest BCUT2D eigenvalue weighted by Gasteiger charge is 2.39. The predicted octanol–water partition coefficient (Wildman–Crippen LogP) is 5.25. The highest BCUT2D eigenvalue weighted by molar-refractivity contribution is 6.09. The van der Waals surface area contributed by atoms with E-state index in [0.717, 1.165) is 59.1 Å². The molecule has 0 atom stereocenters. The second kappa shape index (κ2) is 9.45. The van der Waals surface area contributed by atoms with Gasteiger partial charge >= 0.3 is 0 Å². The number of nitrogens with zero attached hydrogens (tertiary/aromatic N) is 1. The summed E-state index contributed by atoms with van der Waals surface area (Å²) in [6, 6.07) is 13.5. The van der Waals surface area contributed by atoms with Gasteiger partial charge in [-0.3, -0.25) is 9.59 Å². The summed E-state index contributed by atoms with van der Waals surface area (Å²) in [5.41, 5.74) is 5.56. The number of rotatable bonds is 4. The zero-order valence-electron chi connectivity index (χ0n) is 22.3. The maximum Gasteiger partial charge on any atom is 0.287 e. The van der Waals surface area contributed by atoms with Crippen LogP contribution in [-0.2, 0) is 6.42 Å². The maximum absolute atomic E-state index is 13.3. The molecule has 3 N–H and O–H groups in total. The number of carbonyl (C=O) groups excluding carboxylic acids is 2. The summed E-state index contributed by atoms with van der Waals surface area (Å²) in [4.78, 5) is 26.3. The van der Waals surface area contributed by atoms with Crippen molar-refractivity contribution in [2.45, 2.75) is 83.8 Å². The Morgan fingerprint density at radius 2 is 1.68 bits per heavy atom. The summed E-state index contributed by atoms with van der Waals surface area (Å²) >= 11 is 0. The molecule has 37 heavy (non-hydrogen) atoms. The lowest BCUT2D eigenvalue weighted by atomic mass is 9.79. The minimum absolute atomic E-state index is 0.0494. The fourth-order valence-electron chi connectivity index (χ4n) is 6.27. The molecule has 1 aliphatic heterocycles. The third-order valence-corrected chi connectivity index (χ3v) is 7.38. The van der Waals surface area contributed by atoms with Crippen molar-refractivity contribution in [2.75, 3.05) is 0 Å². The number of aryl methyl sites for hydroxylation is 1. The SMILES string of the molecule is Cc1c(C(=O)NC2CC(C)(C)NC(C)(C)C2)oc2c1/C(=N/NC(=O)c1cccc3ccccc13)CCC2. The van der Waals surface area contributed by atoms with Gasteiger partial charge in [-0.05, 0) is 77.1 Å². The highest BCUT2D eigenvalue weighted by atomic mass is 16.4. The third-order valence-electron chi connectivity index (χ3n) is 7.38. The van der Waals surface area contributed by atoms with E-state index < -0.39 is 0 Å². The molecule has 1 saturated heterocycles. The van der Waals surface area contributed by atoms with Gasteiger partial charge in [-0.15, -0.1) is 0 Å². The van der Waals surface area contributed by atoms with Crippen molar-refractivity contribution < 1.29 is 14.0 Å². The molecule has 2 aliphatic rings. The van der Waals surface area contributed by atoms with E-state index in [1.807, 2.05) is 43.3 Å². The first-order valence-electron chi connectivity index (χ1n) is 13.1. The predicted molar refractivity (Wildman–Crippen MR) is 146 cm³/mol. The van der Waals surface area contributed by atoms with Crippen molar-refractivity contribution in [3.8, 4) is 0 Å². The molecule has 0 radical (unpaired) electrons. The molecular weight excluding hydrogens is 464 g/mol. The third kappa shape index (κ3) is 5.18. The summed E-state index contributed by atoms with van der Waals surface area (Å²) in [5, 5.41) is 13.3. The molecule has 7 nitrogen and oxygen atoms in total. The molecule has 5 rings (SSSR count). The lowest BCUT2D eigenvalue weighted by molar-refractivity contribution is 0.0842. The lowest BCUT2D eigenvalue weighted by Gasteiger charge is -2.46. The maximum atomic E-state index is 13.3. The van der Waals surface area contributed by atoms with Crippen molar-refractivity contribution in [1.29, 1.82) is 0 Å². The minimum Gasteiger partial charge on any atom is -0.455 e. The summed E-state index contributed by atoms with van der Waals surface area (Å²) in [6.45, 7) is 10.6. The van der Waals surface area contributed by atoms with E-state index in [4.69, 9.17) is 4.42 Å². The number of piperidine rings is 1. The largest absolute Gasteiger partial charge is 0.455 e. The van der Waals surface area contributed by atoms with Gasteiger partial charge in [-0.2, -0.15) is 5.10 Å².